The summed E-state index contributed by atoms with van der Waals surface area (Å²) in [5.74, 6) is -4.28. The summed E-state index contributed by atoms with van der Waals surface area (Å²) < 4.78 is 25.9. The van der Waals surface area contributed by atoms with E-state index in [4.69, 9.17) is 23.2 Å². The van der Waals surface area contributed by atoms with Crippen LogP contribution in [-0.2, 0) is 0 Å². The van der Waals surface area contributed by atoms with Gasteiger partial charge < -0.3 is 20.8 Å². The molecule has 2 amide bonds. The lowest BCUT2D eigenvalue weighted by molar-refractivity contribution is 0.0688. The van der Waals surface area contributed by atoms with Gasteiger partial charge in [-0.15, -0.1) is 22.7 Å². The van der Waals surface area contributed by atoms with Crippen LogP contribution < -0.4 is 10.6 Å². The third-order valence-electron chi connectivity index (χ3n) is 6.93. The monoisotopic (exact) mass is 750 g/mol. The van der Waals surface area contributed by atoms with Crippen molar-refractivity contribution in [2.45, 2.75) is 0 Å². The summed E-state index contributed by atoms with van der Waals surface area (Å²) in [4.78, 5) is 48.9. The van der Waals surface area contributed by atoms with Gasteiger partial charge in [0.15, 0.2) is 0 Å². The van der Waals surface area contributed by atoms with Gasteiger partial charge in [-0.1, -0.05) is 59.6 Å². The number of anilines is 2. The number of carbonyl (C=O) groups is 4. The highest BCUT2D eigenvalue weighted by Crippen LogP contribution is 2.40. The number of hydrogen-bond donors (Lipinski definition) is 4. The lowest BCUT2D eigenvalue weighted by Crippen LogP contribution is -2.14. The van der Waals surface area contributed by atoms with Crippen LogP contribution in [0.3, 0.4) is 0 Å². The molecule has 14 heteroatoms. The molecule has 0 saturated heterocycles. The number of benzene rings is 4. The number of carboxylic acids is 2. The average molecular weight is 752 g/mol. The smallest absolute Gasteiger partial charge is 0.339 e. The molecule has 2 aromatic heterocycles. The molecule has 0 bridgehead atoms. The predicted octanol–water partition coefficient (Wildman–Crippen LogP) is 10.3. The first-order valence-corrected chi connectivity index (χ1v) is 16.8. The van der Waals surface area contributed by atoms with E-state index in [0.717, 1.165) is 29.0 Å². The third kappa shape index (κ3) is 8.41. The van der Waals surface area contributed by atoms with E-state index in [1.807, 2.05) is 30.3 Å². The molecule has 0 aliphatic carbocycles. The van der Waals surface area contributed by atoms with Gasteiger partial charge in [-0.3, -0.25) is 9.59 Å². The van der Waals surface area contributed by atoms with Crippen molar-refractivity contribution in [2.24, 2.45) is 0 Å². The molecular weight excluding hydrogens is 729 g/mol. The van der Waals surface area contributed by atoms with Crippen LogP contribution in [0.1, 0.15) is 41.4 Å². The maximum atomic E-state index is 13.0. The van der Waals surface area contributed by atoms with E-state index in [1.54, 1.807) is 17.5 Å². The SMILES string of the molecule is O=C(Nc1csc(-c2ccc(Cl)cc2Cl)c1C(=O)O)c1ccc(F)cc1.O=C(Nc1csc(-c2ccccc2)c1C(=O)O)c1ccc(F)cc1. The molecule has 6 aromatic rings. The lowest BCUT2D eigenvalue weighted by atomic mass is 10.1. The molecule has 0 unspecified atom stereocenters. The second-order valence-corrected chi connectivity index (χ2v) is 12.8. The van der Waals surface area contributed by atoms with Crippen molar-refractivity contribution in [3.05, 3.63) is 152 Å². The molecule has 252 valence electrons. The molecule has 6 rings (SSSR count). The average Bonchev–Trinajstić information content (AvgIpc) is 3.70. The Morgan fingerprint density at radius 1 is 0.600 bits per heavy atom. The number of carboxylic acid groups (broad SMARTS) is 2. The third-order valence-corrected chi connectivity index (χ3v) is 9.52. The van der Waals surface area contributed by atoms with Crippen molar-refractivity contribution in [1.82, 2.24) is 0 Å². The summed E-state index contributed by atoms with van der Waals surface area (Å²) in [6, 6.07) is 23.8. The summed E-state index contributed by atoms with van der Waals surface area (Å²) in [6.07, 6.45) is 0. The topological polar surface area (TPSA) is 133 Å². The lowest BCUT2D eigenvalue weighted by Gasteiger charge is -2.07. The Morgan fingerprint density at radius 3 is 1.52 bits per heavy atom. The van der Waals surface area contributed by atoms with Crippen LogP contribution in [0.5, 0.6) is 0 Å². The van der Waals surface area contributed by atoms with E-state index in [0.29, 0.717) is 25.4 Å². The van der Waals surface area contributed by atoms with Crippen LogP contribution in [0.4, 0.5) is 20.2 Å². The summed E-state index contributed by atoms with van der Waals surface area (Å²) in [7, 11) is 0. The van der Waals surface area contributed by atoms with Gasteiger partial charge in [-0.05, 0) is 66.2 Å². The van der Waals surface area contributed by atoms with Gasteiger partial charge in [0.1, 0.15) is 22.8 Å². The highest BCUT2D eigenvalue weighted by atomic mass is 35.5. The Labute approximate surface area is 301 Å². The summed E-state index contributed by atoms with van der Waals surface area (Å²) in [6.45, 7) is 0. The fraction of sp³-hybridized carbons (Fsp3) is 0. The number of carbonyl (C=O) groups excluding carboxylic acids is 2. The maximum Gasteiger partial charge on any atom is 0.339 e. The Bertz CT molecular complexity index is 2210. The number of aromatic carboxylic acids is 2. The van der Waals surface area contributed by atoms with Gasteiger partial charge in [0.25, 0.3) is 11.8 Å². The zero-order valence-corrected chi connectivity index (χ0v) is 28.4. The Kier molecular flexibility index (Phi) is 11.4. The zero-order valence-electron chi connectivity index (χ0n) is 25.2. The molecule has 0 spiro atoms. The van der Waals surface area contributed by atoms with Crippen molar-refractivity contribution < 1.29 is 38.2 Å². The van der Waals surface area contributed by atoms with Crippen molar-refractivity contribution in [3.63, 3.8) is 0 Å². The fourth-order valence-electron chi connectivity index (χ4n) is 4.59. The van der Waals surface area contributed by atoms with E-state index in [-0.39, 0.29) is 33.6 Å². The summed E-state index contributed by atoms with van der Waals surface area (Å²) >= 11 is 14.4. The van der Waals surface area contributed by atoms with Gasteiger partial charge in [-0.25, -0.2) is 18.4 Å². The number of nitrogens with one attached hydrogen (secondary N) is 2. The Balaban J connectivity index is 0.000000195. The highest BCUT2D eigenvalue weighted by Gasteiger charge is 2.24. The van der Waals surface area contributed by atoms with Crippen molar-refractivity contribution in [3.8, 4) is 20.9 Å². The quantitative estimate of drug-likeness (QED) is 0.122. The Hall–Kier alpha value is -5.40. The van der Waals surface area contributed by atoms with Gasteiger partial charge in [0, 0.05) is 32.5 Å². The van der Waals surface area contributed by atoms with Crippen LogP contribution in [0.15, 0.2) is 108 Å². The molecule has 0 fully saturated rings. The van der Waals surface area contributed by atoms with Gasteiger partial charge in [-0.2, -0.15) is 0 Å². The molecular formula is C36H22Cl2F2N2O6S2. The highest BCUT2D eigenvalue weighted by molar-refractivity contribution is 7.15. The van der Waals surface area contributed by atoms with Crippen LogP contribution in [0.2, 0.25) is 10.0 Å². The molecule has 0 saturated carbocycles. The number of thiophene rings is 2. The van der Waals surface area contributed by atoms with Gasteiger partial charge >= 0.3 is 11.9 Å². The standard InChI is InChI=1S/C18H10Cl2FNO3S.C18H12FNO3S/c19-10-3-6-12(13(20)7-10)16-15(18(24)25)14(8-26-16)22-17(23)9-1-4-11(21)5-2-9;19-13-8-6-12(7-9-13)17(21)20-14-10-24-16(15(14)18(22)23)11-4-2-1-3-5-11/h1-8H,(H,22,23)(H,24,25);1-10H,(H,20,21)(H,22,23). The fourth-order valence-corrected chi connectivity index (χ4v) is 7.18. The minimum absolute atomic E-state index is 0.0432. The first kappa shape index (κ1) is 35.9. The van der Waals surface area contributed by atoms with Crippen LogP contribution in [0.25, 0.3) is 20.9 Å². The van der Waals surface area contributed by atoms with Crippen molar-refractivity contribution >= 4 is 81.0 Å². The van der Waals surface area contributed by atoms with Crippen molar-refractivity contribution in [2.75, 3.05) is 10.6 Å². The zero-order chi connectivity index (χ0) is 35.9. The molecule has 0 aliphatic heterocycles. The van der Waals surface area contributed by atoms with E-state index in [2.05, 4.69) is 10.6 Å². The minimum Gasteiger partial charge on any atom is -0.478 e. The van der Waals surface area contributed by atoms with Gasteiger partial charge in [0.05, 0.1) is 26.2 Å². The molecule has 0 atom stereocenters. The molecule has 4 aromatic carbocycles. The largest absolute Gasteiger partial charge is 0.478 e. The maximum absolute atomic E-state index is 13.0. The Morgan fingerprint density at radius 2 is 1.06 bits per heavy atom. The molecule has 0 aliphatic rings. The van der Waals surface area contributed by atoms with E-state index in [1.165, 1.54) is 59.2 Å². The van der Waals surface area contributed by atoms with Gasteiger partial charge in [0.2, 0.25) is 0 Å². The summed E-state index contributed by atoms with van der Waals surface area (Å²) in [5.41, 5.74) is 2.05. The second-order valence-electron chi connectivity index (χ2n) is 10.2. The predicted molar refractivity (Wildman–Crippen MR) is 192 cm³/mol. The number of amides is 2. The van der Waals surface area contributed by atoms with Crippen LogP contribution >= 0.6 is 45.9 Å². The molecule has 0 radical (unpaired) electrons. The number of rotatable bonds is 8. The second kappa shape index (κ2) is 15.9. The first-order valence-electron chi connectivity index (χ1n) is 14.3. The normalized spacial score (nSPS) is 10.5. The van der Waals surface area contributed by atoms with E-state index in [9.17, 15) is 38.2 Å². The van der Waals surface area contributed by atoms with Crippen LogP contribution in [-0.4, -0.2) is 34.0 Å². The number of halogens is 4. The van der Waals surface area contributed by atoms with Crippen molar-refractivity contribution in [1.29, 1.82) is 0 Å². The molecule has 50 heavy (non-hydrogen) atoms. The van der Waals surface area contributed by atoms with E-state index >= 15 is 0 Å². The van der Waals surface area contributed by atoms with E-state index < -0.39 is 35.4 Å². The molecule has 2 heterocycles. The van der Waals surface area contributed by atoms with Crippen LogP contribution in [0, 0.1) is 11.6 Å². The number of hydrogen-bond acceptors (Lipinski definition) is 6. The molecule has 8 nitrogen and oxygen atoms in total. The summed E-state index contributed by atoms with van der Waals surface area (Å²) in [5, 5.41) is 28.1. The first-order chi connectivity index (χ1) is 23.9. The molecule has 4 N–H and O–H groups in total. The minimum atomic E-state index is -1.21.